The van der Waals surface area contributed by atoms with Crippen LogP contribution in [0.25, 0.3) is 0 Å². The van der Waals surface area contributed by atoms with Gasteiger partial charge in [0.25, 0.3) is 0 Å². The van der Waals surface area contributed by atoms with Crippen LogP contribution in [0.3, 0.4) is 0 Å². The van der Waals surface area contributed by atoms with Gasteiger partial charge in [0.15, 0.2) is 0 Å². The molecule has 0 saturated heterocycles. The van der Waals surface area contributed by atoms with Gasteiger partial charge in [0.2, 0.25) is 10.0 Å². The summed E-state index contributed by atoms with van der Waals surface area (Å²) < 4.78 is 58.0. The van der Waals surface area contributed by atoms with E-state index in [1.54, 1.807) is 0 Å². The highest BCUT2D eigenvalue weighted by Gasteiger charge is 2.25. The second-order valence-corrected chi connectivity index (χ2v) is 7.59. The first-order valence-electron chi connectivity index (χ1n) is 7.32. The standard InChI is InChI=1S/C17H19F2NO3S/c1-12-8-13(2)10-15(9-12)23-7-6-20(3)24(21,22)17-11-14(18)4-5-16(17)19/h4-5,8-11H,6-7H2,1-3H3. The number of rotatable bonds is 6. The van der Waals surface area contributed by atoms with Crippen LogP contribution in [-0.4, -0.2) is 32.9 Å². The molecule has 130 valence electrons. The van der Waals surface area contributed by atoms with Crippen LogP contribution >= 0.6 is 0 Å². The van der Waals surface area contributed by atoms with Crippen molar-refractivity contribution in [2.45, 2.75) is 18.7 Å². The van der Waals surface area contributed by atoms with Gasteiger partial charge >= 0.3 is 0 Å². The summed E-state index contributed by atoms with van der Waals surface area (Å²) in [6, 6.07) is 8.02. The van der Waals surface area contributed by atoms with Crippen LogP contribution < -0.4 is 4.74 Å². The molecule has 0 saturated carbocycles. The van der Waals surface area contributed by atoms with Crippen molar-refractivity contribution in [1.82, 2.24) is 4.31 Å². The van der Waals surface area contributed by atoms with Crippen LogP contribution in [0.2, 0.25) is 0 Å². The largest absolute Gasteiger partial charge is 0.492 e. The molecule has 0 bridgehead atoms. The van der Waals surface area contributed by atoms with Crippen LogP contribution in [0.1, 0.15) is 11.1 Å². The zero-order valence-electron chi connectivity index (χ0n) is 13.7. The fourth-order valence-corrected chi connectivity index (χ4v) is 3.50. The van der Waals surface area contributed by atoms with Crippen LogP contribution in [0.15, 0.2) is 41.3 Å². The first-order valence-corrected chi connectivity index (χ1v) is 8.76. The van der Waals surface area contributed by atoms with Crippen molar-refractivity contribution in [3.05, 3.63) is 59.2 Å². The molecule has 0 fully saturated rings. The normalized spacial score (nSPS) is 11.8. The number of benzene rings is 2. The number of halogens is 2. The SMILES string of the molecule is Cc1cc(C)cc(OCCN(C)S(=O)(=O)c2cc(F)ccc2F)c1. The molecule has 0 radical (unpaired) electrons. The summed E-state index contributed by atoms with van der Waals surface area (Å²) in [6.07, 6.45) is 0. The van der Waals surface area contributed by atoms with Crippen LogP contribution in [0, 0.1) is 25.5 Å². The topological polar surface area (TPSA) is 46.6 Å². The molecule has 4 nitrogen and oxygen atoms in total. The Bertz CT molecular complexity index is 817. The van der Waals surface area contributed by atoms with Crippen molar-refractivity contribution in [2.75, 3.05) is 20.2 Å². The molecule has 7 heteroatoms. The Balaban J connectivity index is 2.06. The van der Waals surface area contributed by atoms with Gasteiger partial charge in [-0.1, -0.05) is 6.07 Å². The van der Waals surface area contributed by atoms with E-state index >= 15 is 0 Å². The van der Waals surface area contributed by atoms with Gasteiger partial charge in [-0.3, -0.25) is 0 Å². The minimum absolute atomic E-state index is 0.00523. The van der Waals surface area contributed by atoms with Crippen LogP contribution in [-0.2, 0) is 10.0 Å². The fraction of sp³-hybridized carbons (Fsp3) is 0.294. The Morgan fingerprint density at radius 3 is 2.29 bits per heavy atom. The van der Waals surface area contributed by atoms with E-state index in [-0.39, 0.29) is 13.2 Å². The molecule has 0 heterocycles. The third-order valence-electron chi connectivity index (χ3n) is 3.45. The number of sulfonamides is 1. The summed E-state index contributed by atoms with van der Waals surface area (Å²) in [5.41, 5.74) is 2.07. The Labute approximate surface area is 140 Å². The van der Waals surface area contributed by atoms with E-state index < -0.39 is 26.6 Å². The molecule has 0 aliphatic rings. The van der Waals surface area contributed by atoms with Gasteiger partial charge in [-0.15, -0.1) is 0 Å². The number of hydrogen-bond donors (Lipinski definition) is 0. The summed E-state index contributed by atoms with van der Waals surface area (Å²) in [5, 5.41) is 0. The summed E-state index contributed by atoms with van der Waals surface area (Å²) in [5.74, 6) is -1.16. The quantitative estimate of drug-likeness (QED) is 0.799. The first kappa shape index (κ1) is 18.4. The highest BCUT2D eigenvalue weighted by atomic mass is 32.2. The van der Waals surface area contributed by atoms with Gasteiger partial charge in [0.05, 0.1) is 0 Å². The van der Waals surface area contributed by atoms with E-state index in [1.165, 1.54) is 7.05 Å². The summed E-state index contributed by atoms with van der Waals surface area (Å²) in [4.78, 5) is -0.684. The zero-order chi connectivity index (χ0) is 17.9. The van der Waals surface area contributed by atoms with E-state index in [2.05, 4.69) is 0 Å². The summed E-state index contributed by atoms with van der Waals surface area (Å²) in [7, 11) is -2.83. The van der Waals surface area contributed by atoms with Crippen molar-refractivity contribution in [2.24, 2.45) is 0 Å². The van der Waals surface area contributed by atoms with Gasteiger partial charge in [-0.05, 0) is 55.3 Å². The Morgan fingerprint density at radius 2 is 1.67 bits per heavy atom. The van der Waals surface area contributed by atoms with Crippen molar-refractivity contribution in [1.29, 1.82) is 0 Å². The van der Waals surface area contributed by atoms with Crippen molar-refractivity contribution in [3.63, 3.8) is 0 Å². The van der Waals surface area contributed by atoms with Crippen LogP contribution in [0.4, 0.5) is 8.78 Å². The second-order valence-electron chi connectivity index (χ2n) is 5.57. The molecule has 2 rings (SSSR count). The summed E-state index contributed by atoms with van der Waals surface area (Å²) >= 11 is 0. The lowest BCUT2D eigenvalue weighted by molar-refractivity contribution is 0.286. The maximum absolute atomic E-state index is 13.7. The molecule has 0 atom stereocenters. The molecular weight excluding hydrogens is 336 g/mol. The molecule has 0 unspecified atom stereocenters. The van der Waals surface area contributed by atoms with Gasteiger partial charge < -0.3 is 4.74 Å². The molecule has 0 aromatic heterocycles. The number of likely N-dealkylation sites (N-methyl/N-ethyl adjacent to an activating group) is 1. The molecule has 2 aromatic rings. The average molecular weight is 355 g/mol. The molecule has 24 heavy (non-hydrogen) atoms. The van der Waals surface area contributed by atoms with Gasteiger partial charge in [-0.25, -0.2) is 17.2 Å². The lowest BCUT2D eigenvalue weighted by atomic mass is 10.1. The third kappa shape index (κ3) is 4.30. The molecule has 0 aliphatic carbocycles. The molecule has 2 aromatic carbocycles. The predicted octanol–water partition coefficient (Wildman–Crippen LogP) is 3.28. The maximum Gasteiger partial charge on any atom is 0.245 e. The van der Waals surface area contributed by atoms with E-state index in [0.717, 1.165) is 27.6 Å². The number of nitrogens with zero attached hydrogens (tertiary/aromatic N) is 1. The number of ether oxygens (including phenoxy) is 1. The van der Waals surface area contributed by atoms with Gasteiger partial charge in [0.1, 0.15) is 28.9 Å². The van der Waals surface area contributed by atoms with E-state index in [0.29, 0.717) is 11.8 Å². The van der Waals surface area contributed by atoms with Crippen LogP contribution in [0.5, 0.6) is 5.75 Å². The predicted molar refractivity (Wildman–Crippen MR) is 87.6 cm³/mol. The lowest BCUT2D eigenvalue weighted by Gasteiger charge is -2.18. The minimum atomic E-state index is -4.12. The molecule has 0 spiro atoms. The highest BCUT2D eigenvalue weighted by Crippen LogP contribution is 2.20. The number of aryl methyl sites for hydroxylation is 2. The first-order chi connectivity index (χ1) is 11.2. The van der Waals surface area contributed by atoms with E-state index in [1.807, 2.05) is 32.0 Å². The molecule has 0 aliphatic heterocycles. The molecular formula is C17H19F2NO3S. The van der Waals surface area contributed by atoms with Crippen molar-refractivity contribution >= 4 is 10.0 Å². The van der Waals surface area contributed by atoms with E-state index in [9.17, 15) is 17.2 Å². The minimum Gasteiger partial charge on any atom is -0.492 e. The fourth-order valence-electron chi connectivity index (χ4n) is 2.27. The third-order valence-corrected chi connectivity index (χ3v) is 5.32. The second kappa shape index (κ2) is 7.27. The van der Waals surface area contributed by atoms with Gasteiger partial charge in [-0.2, -0.15) is 4.31 Å². The summed E-state index contributed by atoms with van der Waals surface area (Å²) in [6.45, 7) is 3.97. The molecule has 0 N–H and O–H groups in total. The number of hydrogen-bond acceptors (Lipinski definition) is 3. The lowest BCUT2D eigenvalue weighted by Crippen LogP contribution is -2.31. The Hall–Kier alpha value is -1.99. The Morgan fingerprint density at radius 1 is 1.04 bits per heavy atom. The van der Waals surface area contributed by atoms with E-state index in [4.69, 9.17) is 4.74 Å². The van der Waals surface area contributed by atoms with Gasteiger partial charge in [0, 0.05) is 13.6 Å². The van der Waals surface area contributed by atoms with Crippen molar-refractivity contribution in [3.8, 4) is 5.75 Å². The zero-order valence-corrected chi connectivity index (χ0v) is 14.5. The monoisotopic (exact) mass is 355 g/mol. The average Bonchev–Trinajstić information content (AvgIpc) is 2.48. The maximum atomic E-state index is 13.7. The molecule has 0 amide bonds. The van der Waals surface area contributed by atoms with Crippen molar-refractivity contribution < 1.29 is 21.9 Å². The Kier molecular flexibility index (Phi) is 5.56. The highest BCUT2D eigenvalue weighted by molar-refractivity contribution is 7.89. The smallest absolute Gasteiger partial charge is 0.245 e.